The number of hydrogen-bond acceptors (Lipinski definition) is 2. The Morgan fingerprint density at radius 1 is 1.28 bits per heavy atom. The molecular formula is C12H14Cl2N2OS. The molecule has 0 saturated carbocycles. The fourth-order valence-electron chi connectivity index (χ4n) is 1.04. The molecule has 0 aliphatic heterocycles. The average Bonchev–Trinajstić information content (AvgIpc) is 2.23. The fourth-order valence-corrected chi connectivity index (χ4v) is 1.59. The monoisotopic (exact) mass is 304 g/mol. The number of carbonyl (C=O) groups excluding carboxylic acids is 1. The van der Waals surface area contributed by atoms with Crippen LogP contribution in [0.2, 0.25) is 10.0 Å². The topological polar surface area (TPSA) is 41.1 Å². The Kier molecular flexibility index (Phi) is 4.96. The summed E-state index contributed by atoms with van der Waals surface area (Å²) >= 11 is 16.9. The molecular weight excluding hydrogens is 291 g/mol. The predicted molar refractivity (Wildman–Crippen MR) is 80.3 cm³/mol. The van der Waals surface area contributed by atoms with E-state index >= 15 is 0 Å². The van der Waals surface area contributed by atoms with Gasteiger partial charge >= 0.3 is 0 Å². The number of halogens is 2. The van der Waals surface area contributed by atoms with Gasteiger partial charge in [-0.05, 0) is 24.4 Å². The summed E-state index contributed by atoms with van der Waals surface area (Å²) in [4.78, 5) is 11.7. The molecule has 3 nitrogen and oxygen atoms in total. The molecule has 1 aromatic carbocycles. The average molecular weight is 305 g/mol. The third-order valence-electron chi connectivity index (χ3n) is 2.11. The summed E-state index contributed by atoms with van der Waals surface area (Å²) in [6.07, 6.45) is 0. The van der Waals surface area contributed by atoms with Crippen LogP contribution < -0.4 is 10.6 Å². The second-order valence-corrected chi connectivity index (χ2v) is 5.95. The van der Waals surface area contributed by atoms with Gasteiger partial charge in [-0.25, -0.2) is 0 Å². The SMILES string of the molecule is CC(C)(C)C(=O)NC(=S)Nc1cccc(Cl)c1Cl. The van der Waals surface area contributed by atoms with Gasteiger partial charge in [0.2, 0.25) is 5.91 Å². The Morgan fingerprint density at radius 2 is 1.89 bits per heavy atom. The number of carbonyl (C=O) groups is 1. The number of amides is 1. The zero-order chi connectivity index (χ0) is 13.9. The number of rotatable bonds is 1. The van der Waals surface area contributed by atoms with Crippen LogP contribution in [0.4, 0.5) is 5.69 Å². The highest BCUT2D eigenvalue weighted by Crippen LogP contribution is 2.29. The molecule has 0 unspecified atom stereocenters. The van der Waals surface area contributed by atoms with E-state index in [9.17, 15) is 4.79 Å². The van der Waals surface area contributed by atoms with Gasteiger partial charge in [-0.3, -0.25) is 4.79 Å². The zero-order valence-electron chi connectivity index (χ0n) is 10.3. The first-order valence-electron chi connectivity index (χ1n) is 5.28. The van der Waals surface area contributed by atoms with Crippen LogP contribution in [0.25, 0.3) is 0 Å². The predicted octanol–water partition coefficient (Wildman–Crippen LogP) is 3.85. The van der Waals surface area contributed by atoms with Crippen molar-refractivity contribution in [3.05, 3.63) is 28.2 Å². The lowest BCUT2D eigenvalue weighted by atomic mass is 9.96. The molecule has 18 heavy (non-hydrogen) atoms. The molecule has 0 saturated heterocycles. The van der Waals surface area contributed by atoms with Gasteiger partial charge in [0.05, 0.1) is 15.7 Å². The summed E-state index contributed by atoms with van der Waals surface area (Å²) in [6.45, 7) is 5.41. The van der Waals surface area contributed by atoms with Crippen LogP contribution in [0.1, 0.15) is 20.8 Å². The maximum absolute atomic E-state index is 11.7. The van der Waals surface area contributed by atoms with Crippen LogP contribution >= 0.6 is 35.4 Å². The van der Waals surface area contributed by atoms with E-state index in [2.05, 4.69) is 10.6 Å². The number of anilines is 1. The van der Waals surface area contributed by atoms with E-state index in [0.717, 1.165) is 0 Å². The van der Waals surface area contributed by atoms with Crippen molar-refractivity contribution in [2.75, 3.05) is 5.32 Å². The molecule has 0 aliphatic rings. The Bertz CT molecular complexity index is 483. The van der Waals surface area contributed by atoms with E-state index in [-0.39, 0.29) is 11.0 Å². The highest BCUT2D eigenvalue weighted by molar-refractivity contribution is 7.80. The van der Waals surface area contributed by atoms with Crippen molar-refractivity contribution in [1.82, 2.24) is 5.32 Å². The lowest BCUT2D eigenvalue weighted by Crippen LogP contribution is -2.41. The molecule has 1 aromatic rings. The molecule has 2 N–H and O–H groups in total. The molecule has 0 radical (unpaired) electrons. The number of hydrogen-bond donors (Lipinski definition) is 2. The largest absolute Gasteiger partial charge is 0.331 e. The van der Waals surface area contributed by atoms with E-state index in [1.54, 1.807) is 39.0 Å². The summed E-state index contributed by atoms with van der Waals surface area (Å²) in [6, 6.07) is 5.14. The quantitative estimate of drug-likeness (QED) is 0.774. The van der Waals surface area contributed by atoms with Crippen molar-refractivity contribution in [1.29, 1.82) is 0 Å². The standard InChI is InChI=1S/C12H14Cl2N2OS/c1-12(2,3)10(17)16-11(18)15-8-6-4-5-7(13)9(8)14/h4-6H,1-3H3,(H2,15,16,17,18). The smallest absolute Gasteiger partial charge is 0.231 e. The van der Waals surface area contributed by atoms with Crippen LogP contribution in [0.5, 0.6) is 0 Å². The fraction of sp³-hybridized carbons (Fsp3) is 0.333. The van der Waals surface area contributed by atoms with Crippen molar-refractivity contribution in [3.8, 4) is 0 Å². The Labute approximate surface area is 122 Å². The van der Waals surface area contributed by atoms with Gasteiger partial charge in [0.25, 0.3) is 0 Å². The lowest BCUT2D eigenvalue weighted by molar-refractivity contribution is -0.126. The van der Waals surface area contributed by atoms with E-state index in [4.69, 9.17) is 35.4 Å². The molecule has 0 atom stereocenters. The first kappa shape index (κ1) is 15.2. The number of thiocarbonyl (C=S) groups is 1. The Morgan fingerprint density at radius 3 is 2.44 bits per heavy atom. The van der Waals surface area contributed by atoms with Crippen LogP contribution in [0.15, 0.2) is 18.2 Å². The summed E-state index contributed by atoms with van der Waals surface area (Å²) in [5.74, 6) is -0.168. The number of nitrogens with one attached hydrogen (secondary N) is 2. The van der Waals surface area contributed by atoms with E-state index in [1.165, 1.54) is 0 Å². The minimum atomic E-state index is -0.510. The zero-order valence-corrected chi connectivity index (χ0v) is 12.6. The van der Waals surface area contributed by atoms with E-state index in [0.29, 0.717) is 15.7 Å². The van der Waals surface area contributed by atoms with E-state index < -0.39 is 5.41 Å². The normalized spacial score (nSPS) is 10.9. The van der Waals surface area contributed by atoms with Gasteiger partial charge < -0.3 is 10.6 Å². The van der Waals surface area contributed by atoms with Crippen LogP contribution in [-0.4, -0.2) is 11.0 Å². The van der Waals surface area contributed by atoms with Crippen LogP contribution in [0, 0.1) is 5.41 Å². The van der Waals surface area contributed by atoms with Gasteiger partial charge in [-0.15, -0.1) is 0 Å². The van der Waals surface area contributed by atoms with Gasteiger partial charge in [0.15, 0.2) is 5.11 Å². The van der Waals surface area contributed by atoms with E-state index in [1.807, 2.05) is 0 Å². The summed E-state index contributed by atoms with van der Waals surface area (Å²) in [5.41, 5.74) is 0.0486. The second kappa shape index (κ2) is 5.87. The van der Waals surface area contributed by atoms with Gasteiger partial charge in [-0.2, -0.15) is 0 Å². The molecule has 1 amide bonds. The molecule has 98 valence electrons. The van der Waals surface area contributed by atoms with Gasteiger partial charge in [0, 0.05) is 5.41 Å². The first-order chi connectivity index (χ1) is 8.21. The van der Waals surface area contributed by atoms with Gasteiger partial charge in [-0.1, -0.05) is 50.0 Å². The van der Waals surface area contributed by atoms with Crippen molar-refractivity contribution < 1.29 is 4.79 Å². The highest BCUT2D eigenvalue weighted by atomic mass is 35.5. The van der Waals surface area contributed by atoms with Crippen LogP contribution in [-0.2, 0) is 4.79 Å². The minimum Gasteiger partial charge on any atom is -0.331 e. The molecule has 0 aliphatic carbocycles. The minimum absolute atomic E-state index is 0.168. The summed E-state index contributed by atoms with van der Waals surface area (Å²) in [5, 5.41) is 6.42. The molecule has 6 heteroatoms. The molecule has 0 spiro atoms. The maximum atomic E-state index is 11.7. The lowest BCUT2D eigenvalue weighted by Gasteiger charge is -2.19. The Balaban J connectivity index is 2.72. The summed E-state index contributed by atoms with van der Waals surface area (Å²) in [7, 11) is 0. The molecule has 0 bridgehead atoms. The molecule has 1 rings (SSSR count). The third kappa shape index (κ3) is 4.12. The molecule has 0 heterocycles. The first-order valence-corrected chi connectivity index (χ1v) is 6.44. The van der Waals surface area contributed by atoms with Crippen molar-refractivity contribution >= 4 is 52.1 Å². The summed E-state index contributed by atoms with van der Waals surface area (Å²) < 4.78 is 0. The molecule has 0 aromatic heterocycles. The molecule has 0 fully saturated rings. The van der Waals surface area contributed by atoms with Crippen molar-refractivity contribution in [2.45, 2.75) is 20.8 Å². The number of benzene rings is 1. The Hall–Kier alpha value is -0.840. The van der Waals surface area contributed by atoms with Gasteiger partial charge in [0.1, 0.15) is 0 Å². The highest BCUT2D eigenvalue weighted by Gasteiger charge is 2.22. The van der Waals surface area contributed by atoms with Crippen LogP contribution in [0.3, 0.4) is 0 Å². The maximum Gasteiger partial charge on any atom is 0.231 e. The van der Waals surface area contributed by atoms with Crippen molar-refractivity contribution in [3.63, 3.8) is 0 Å². The second-order valence-electron chi connectivity index (χ2n) is 4.76. The van der Waals surface area contributed by atoms with Crippen molar-refractivity contribution in [2.24, 2.45) is 5.41 Å². The third-order valence-corrected chi connectivity index (χ3v) is 3.13.